The highest BCUT2D eigenvalue weighted by Gasteiger charge is 2.42. The van der Waals surface area contributed by atoms with Crippen LogP contribution < -0.4 is 5.32 Å². The van der Waals surface area contributed by atoms with Gasteiger partial charge in [0.25, 0.3) is 5.91 Å². The molecule has 2 unspecified atom stereocenters. The zero-order valence-corrected chi connectivity index (χ0v) is 17.2. The molecule has 0 saturated carbocycles. The fourth-order valence-electron chi connectivity index (χ4n) is 3.43. The van der Waals surface area contributed by atoms with Gasteiger partial charge < -0.3 is 10.2 Å². The fraction of sp³-hybridized carbons (Fsp3) is 0.167. The normalized spacial score (nSPS) is 18.3. The van der Waals surface area contributed by atoms with E-state index in [1.807, 2.05) is 37.3 Å². The number of benzene rings is 3. The number of nitrogens with one attached hydrogen (secondary N) is 1. The summed E-state index contributed by atoms with van der Waals surface area (Å²) in [5, 5.41) is 2.55. The minimum Gasteiger partial charge on any atom is -0.324 e. The van der Waals surface area contributed by atoms with E-state index in [9.17, 15) is 14.0 Å². The van der Waals surface area contributed by atoms with Crippen molar-refractivity contribution in [2.24, 2.45) is 0 Å². The van der Waals surface area contributed by atoms with Crippen molar-refractivity contribution in [3.8, 4) is 0 Å². The molecule has 0 bridgehead atoms. The molecule has 1 heterocycles. The molecule has 1 N–H and O–H groups in total. The lowest BCUT2D eigenvalue weighted by molar-refractivity contribution is -0.119. The van der Waals surface area contributed by atoms with E-state index >= 15 is 0 Å². The van der Waals surface area contributed by atoms with Gasteiger partial charge in [-0.3, -0.25) is 9.59 Å². The Morgan fingerprint density at radius 2 is 1.63 bits per heavy atom. The van der Waals surface area contributed by atoms with Gasteiger partial charge in [0.1, 0.15) is 17.2 Å². The zero-order valence-electron chi connectivity index (χ0n) is 16.4. The van der Waals surface area contributed by atoms with Crippen LogP contribution >= 0.6 is 11.8 Å². The standard InChI is InChI=1S/C24H21FN2O2S/c1-16-7-13-20(14-8-16)26-22(28)21-15-30-24(18-9-11-19(25)12-10-18)27(21)23(29)17-5-3-2-4-6-17/h2-14,21,24H,15H2,1H3,(H,26,28). The van der Waals surface area contributed by atoms with E-state index in [0.717, 1.165) is 11.1 Å². The third-order valence-corrected chi connectivity index (χ3v) is 6.36. The second kappa shape index (κ2) is 8.71. The number of hydrogen-bond acceptors (Lipinski definition) is 3. The molecule has 0 aliphatic carbocycles. The average molecular weight is 421 g/mol. The number of nitrogens with zero attached hydrogens (tertiary/aromatic N) is 1. The van der Waals surface area contributed by atoms with E-state index < -0.39 is 6.04 Å². The highest BCUT2D eigenvalue weighted by molar-refractivity contribution is 7.99. The van der Waals surface area contributed by atoms with Gasteiger partial charge in [0, 0.05) is 17.0 Å². The van der Waals surface area contributed by atoms with Crippen LogP contribution in [0.5, 0.6) is 0 Å². The first kappa shape index (κ1) is 20.2. The van der Waals surface area contributed by atoms with Crippen molar-refractivity contribution in [2.45, 2.75) is 18.3 Å². The largest absolute Gasteiger partial charge is 0.324 e. The molecule has 0 spiro atoms. The molecule has 6 heteroatoms. The number of halogens is 1. The van der Waals surface area contributed by atoms with Crippen LogP contribution in [0.15, 0.2) is 78.9 Å². The van der Waals surface area contributed by atoms with Crippen molar-refractivity contribution < 1.29 is 14.0 Å². The molecule has 4 rings (SSSR count). The van der Waals surface area contributed by atoms with Crippen molar-refractivity contribution in [1.82, 2.24) is 4.90 Å². The monoisotopic (exact) mass is 420 g/mol. The van der Waals surface area contributed by atoms with Gasteiger partial charge in [-0.25, -0.2) is 4.39 Å². The predicted molar refractivity (Wildman–Crippen MR) is 118 cm³/mol. The van der Waals surface area contributed by atoms with Gasteiger partial charge in [-0.05, 0) is 48.9 Å². The first-order valence-electron chi connectivity index (χ1n) is 9.65. The van der Waals surface area contributed by atoms with E-state index in [0.29, 0.717) is 17.0 Å². The van der Waals surface area contributed by atoms with Crippen molar-refractivity contribution in [1.29, 1.82) is 0 Å². The molecule has 1 saturated heterocycles. The fourth-order valence-corrected chi connectivity index (χ4v) is 4.86. The molecular weight excluding hydrogens is 399 g/mol. The molecule has 3 aromatic rings. The number of rotatable bonds is 4. The molecule has 0 radical (unpaired) electrons. The molecule has 1 aliphatic heterocycles. The lowest BCUT2D eigenvalue weighted by Crippen LogP contribution is -2.45. The van der Waals surface area contributed by atoms with Gasteiger partial charge in [-0.1, -0.05) is 48.0 Å². The zero-order chi connectivity index (χ0) is 21.1. The van der Waals surface area contributed by atoms with Gasteiger partial charge in [-0.2, -0.15) is 0 Å². The Balaban J connectivity index is 1.64. The summed E-state index contributed by atoms with van der Waals surface area (Å²) >= 11 is 1.50. The maximum atomic E-state index is 13.4. The molecule has 3 aromatic carbocycles. The van der Waals surface area contributed by atoms with Crippen LogP contribution in [0, 0.1) is 12.7 Å². The molecule has 0 aromatic heterocycles. The molecular formula is C24H21FN2O2S. The van der Waals surface area contributed by atoms with E-state index in [4.69, 9.17) is 0 Å². The van der Waals surface area contributed by atoms with Crippen LogP contribution in [0.25, 0.3) is 0 Å². The third kappa shape index (κ3) is 4.24. The predicted octanol–water partition coefficient (Wildman–Crippen LogP) is 5.03. The summed E-state index contributed by atoms with van der Waals surface area (Å²) in [5.41, 5.74) is 3.09. The topological polar surface area (TPSA) is 49.4 Å². The number of aryl methyl sites for hydroxylation is 1. The Labute approximate surface area is 179 Å². The maximum absolute atomic E-state index is 13.4. The summed E-state index contributed by atoms with van der Waals surface area (Å²) in [6, 6.07) is 21.9. The molecule has 1 aliphatic rings. The summed E-state index contributed by atoms with van der Waals surface area (Å²) < 4.78 is 13.4. The SMILES string of the molecule is Cc1ccc(NC(=O)C2CSC(c3ccc(F)cc3)N2C(=O)c2ccccc2)cc1. The quantitative estimate of drug-likeness (QED) is 0.644. The Morgan fingerprint density at radius 3 is 2.30 bits per heavy atom. The molecule has 2 amide bonds. The van der Waals surface area contributed by atoms with Crippen LogP contribution in [0.2, 0.25) is 0 Å². The highest BCUT2D eigenvalue weighted by Crippen LogP contribution is 2.42. The lowest BCUT2D eigenvalue weighted by atomic mass is 10.1. The Morgan fingerprint density at radius 1 is 0.967 bits per heavy atom. The lowest BCUT2D eigenvalue weighted by Gasteiger charge is -2.29. The smallest absolute Gasteiger partial charge is 0.255 e. The molecule has 30 heavy (non-hydrogen) atoms. The van der Waals surface area contributed by atoms with E-state index in [1.165, 1.54) is 23.9 Å². The maximum Gasteiger partial charge on any atom is 0.255 e. The minimum atomic E-state index is -0.640. The van der Waals surface area contributed by atoms with Gasteiger partial charge in [-0.15, -0.1) is 11.8 Å². The molecule has 2 atom stereocenters. The molecule has 1 fully saturated rings. The number of carbonyl (C=O) groups excluding carboxylic acids is 2. The summed E-state index contributed by atoms with van der Waals surface area (Å²) in [5.74, 6) is -0.339. The first-order chi connectivity index (χ1) is 14.5. The number of thioether (sulfide) groups is 1. The average Bonchev–Trinajstić information content (AvgIpc) is 3.21. The Bertz CT molecular complexity index is 1040. The Hall–Kier alpha value is -3.12. The number of carbonyl (C=O) groups is 2. The number of amides is 2. The number of hydrogen-bond donors (Lipinski definition) is 1. The van der Waals surface area contributed by atoms with Crippen LogP contribution in [-0.4, -0.2) is 28.5 Å². The van der Waals surface area contributed by atoms with Gasteiger partial charge in [0.2, 0.25) is 5.91 Å². The van der Waals surface area contributed by atoms with E-state index in [1.54, 1.807) is 41.3 Å². The van der Waals surface area contributed by atoms with Crippen LogP contribution in [0.3, 0.4) is 0 Å². The van der Waals surface area contributed by atoms with Crippen LogP contribution in [0.1, 0.15) is 26.9 Å². The third-order valence-electron chi connectivity index (χ3n) is 5.03. The number of anilines is 1. The summed E-state index contributed by atoms with van der Waals surface area (Å²) in [6.45, 7) is 1.98. The van der Waals surface area contributed by atoms with E-state index in [-0.39, 0.29) is 23.0 Å². The molecule has 4 nitrogen and oxygen atoms in total. The summed E-state index contributed by atoms with van der Waals surface area (Å²) in [7, 11) is 0. The second-order valence-electron chi connectivity index (χ2n) is 7.19. The summed E-state index contributed by atoms with van der Waals surface area (Å²) in [6.07, 6.45) is 0. The van der Waals surface area contributed by atoms with Crippen molar-refractivity contribution in [3.05, 3.63) is 101 Å². The highest BCUT2D eigenvalue weighted by atomic mass is 32.2. The van der Waals surface area contributed by atoms with Crippen molar-refractivity contribution >= 4 is 29.3 Å². The van der Waals surface area contributed by atoms with E-state index in [2.05, 4.69) is 5.32 Å². The van der Waals surface area contributed by atoms with Crippen LogP contribution in [-0.2, 0) is 4.79 Å². The van der Waals surface area contributed by atoms with Crippen LogP contribution in [0.4, 0.5) is 10.1 Å². The van der Waals surface area contributed by atoms with Gasteiger partial charge in [0.15, 0.2) is 0 Å². The Kier molecular flexibility index (Phi) is 5.86. The van der Waals surface area contributed by atoms with Crippen molar-refractivity contribution in [3.63, 3.8) is 0 Å². The minimum absolute atomic E-state index is 0.223. The van der Waals surface area contributed by atoms with Gasteiger partial charge in [0.05, 0.1) is 0 Å². The summed E-state index contributed by atoms with van der Waals surface area (Å²) in [4.78, 5) is 28.1. The molecule has 152 valence electrons. The van der Waals surface area contributed by atoms with Crippen molar-refractivity contribution in [2.75, 3.05) is 11.1 Å². The first-order valence-corrected chi connectivity index (χ1v) is 10.7. The second-order valence-corrected chi connectivity index (χ2v) is 8.30. The van der Waals surface area contributed by atoms with Gasteiger partial charge >= 0.3 is 0 Å².